The molecule has 1 N–H and O–H groups in total. The number of carbonyl (C=O) groups is 1. The highest BCUT2D eigenvalue weighted by Crippen LogP contribution is 2.41. The summed E-state index contributed by atoms with van der Waals surface area (Å²) in [6.45, 7) is 1.85. The van der Waals surface area contributed by atoms with Gasteiger partial charge in [0.15, 0.2) is 0 Å². The first-order chi connectivity index (χ1) is 9.65. The second-order valence-electron chi connectivity index (χ2n) is 5.17. The average molecular weight is 290 g/mol. The van der Waals surface area contributed by atoms with E-state index in [0.29, 0.717) is 5.92 Å². The van der Waals surface area contributed by atoms with E-state index in [4.69, 9.17) is 11.6 Å². The lowest BCUT2D eigenvalue weighted by molar-refractivity contribution is -0.124. The molecule has 1 aliphatic rings. The molecule has 4 nitrogen and oxygen atoms in total. The minimum atomic E-state index is -0.286. The Morgan fingerprint density at radius 1 is 1.50 bits per heavy atom. The van der Waals surface area contributed by atoms with Crippen molar-refractivity contribution >= 4 is 17.5 Å². The Morgan fingerprint density at radius 2 is 2.35 bits per heavy atom. The van der Waals surface area contributed by atoms with Gasteiger partial charge in [0, 0.05) is 29.4 Å². The van der Waals surface area contributed by atoms with Gasteiger partial charge in [-0.05, 0) is 37.1 Å². The number of nitrogens with zero attached hydrogens (tertiary/aromatic N) is 2. The number of hydrogen-bond acceptors (Lipinski definition) is 2. The van der Waals surface area contributed by atoms with E-state index in [2.05, 4.69) is 16.5 Å². The molecule has 3 atom stereocenters. The summed E-state index contributed by atoms with van der Waals surface area (Å²) in [5.74, 6) is 0.380. The van der Waals surface area contributed by atoms with Crippen molar-refractivity contribution in [2.24, 2.45) is 0 Å². The van der Waals surface area contributed by atoms with Crippen molar-refractivity contribution in [3.05, 3.63) is 53.3 Å². The molecule has 0 unspecified atom stereocenters. The highest BCUT2D eigenvalue weighted by molar-refractivity contribution is 6.30. The summed E-state index contributed by atoms with van der Waals surface area (Å²) in [6, 6.07) is 9.57. The summed E-state index contributed by atoms with van der Waals surface area (Å²) in [6.07, 6.45) is 4.44. The van der Waals surface area contributed by atoms with E-state index in [1.54, 1.807) is 17.1 Å². The van der Waals surface area contributed by atoms with Crippen LogP contribution >= 0.6 is 11.6 Å². The number of amides is 1. The molecular formula is C15H16ClN3O. The zero-order valence-corrected chi connectivity index (χ0v) is 11.9. The molecule has 0 spiro atoms. The van der Waals surface area contributed by atoms with E-state index in [-0.39, 0.29) is 18.0 Å². The fourth-order valence-corrected chi connectivity index (χ4v) is 2.59. The highest BCUT2D eigenvalue weighted by atomic mass is 35.5. The molecule has 1 amide bonds. The predicted octanol–water partition coefficient (Wildman–Crippen LogP) is 2.77. The van der Waals surface area contributed by atoms with Gasteiger partial charge < -0.3 is 5.32 Å². The van der Waals surface area contributed by atoms with Crippen molar-refractivity contribution in [2.45, 2.75) is 31.3 Å². The van der Waals surface area contributed by atoms with Gasteiger partial charge in [0.2, 0.25) is 5.91 Å². The number of aromatic nitrogens is 2. The number of carbonyl (C=O) groups excluding carboxylic acids is 1. The third-order valence-electron chi connectivity index (χ3n) is 3.70. The molecule has 0 bridgehead atoms. The summed E-state index contributed by atoms with van der Waals surface area (Å²) in [5, 5.41) is 7.90. The van der Waals surface area contributed by atoms with Crippen LogP contribution in [0.2, 0.25) is 5.02 Å². The van der Waals surface area contributed by atoms with E-state index in [1.807, 2.05) is 31.2 Å². The minimum Gasteiger partial charge on any atom is -0.351 e. The van der Waals surface area contributed by atoms with E-state index in [9.17, 15) is 4.79 Å². The fourth-order valence-electron chi connectivity index (χ4n) is 2.39. The smallest absolute Gasteiger partial charge is 0.244 e. The number of rotatable bonds is 4. The summed E-state index contributed by atoms with van der Waals surface area (Å²) < 4.78 is 1.66. The Kier molecular flexibility index (Phi) is 3.49. The van der Waals surface area contributed by atoms with Gasteiger partial charge in [0.05, 0.1) is 0 Å². The van der Waals surface area contributed by atoms with E-state index in [1.165, 1.54) is 5.56 Å². The molecular weight excluding hydrogens is 274 g/mol. The van der Waals surface area contributed by atoms with Gasteiger partial charge in [-0.1, -0.05) is 23.7 Å². The van der Waals surface area contributed by atoms with Crippen LogP contribution in [-0.2, 0) is 4.79 Å². The monoisotopic (exact) mass is 289 g/mol. The summed E-state index contributed by atoms with van der Waals surface area (Å²) in [5.41, 5.74) is 1.19. The maximum atomic E-state index is 12.1. The second-order valence-corrected chi connectivity index (χ2v) is 5.61. The normalized spacial score (nSPS) is 22.3. The van der Waals surface area contributed by atoms with Crippen LogP contribution in [0.5, 0.6) is 0 Å². The molecule has 1 aliphatic carbocycles. The summed E-state index contributed by atoms with van der Waals surface area (Å²) in [4.78, 5) is 12.1. The lowest BCUT2D eigenvalue weighted by atomic mass is 10.1. The number of hydrogen-bond donors (Lipinski definition) is 1. The van der Waals surface area contributed by atoms with Crippen molar-refractivity contribution in [2.75, 3.05) is 0 Å². The molecule has 1 aromatic heterocycles. The molecule has 5 heteroatoms. The van der Waals surface area contributed by atoms with Crippen LogP contribution in [0.15, 0.2) is 42.7 Å². The molecule has 2 aromatic rings. The minimum absolute atomic E-state index is 0.00299. The van der Waals surface area contributed by atoms with E-state index in [0.717, 1.165) is 11.4 Å². The van der Waals surface area contributed by atoms with Crippen LogP contribution in [0.4, 0.5) is 0 Å². The van der Waals surface area contributed by atoms with Gasteiger partial charge in [-0.15, -0.1) is 0 Å². The van der Waals surface area contributed by atoms with Gasteiger partial charge in [-0.25, -0.2) is 0 Å². The third kappa shape index (κ3) is 2.70. The first-order valence-corrected chi connectivity index (χ1v) is 7.08. The van der Waals surface area contributed by atoms with Crippen molar-refractivity contribution in [1.82, 2.24) is 15.1 Å². The SMILES string of the molecule is C[C@H](C(=O)N[C@@H]1C[C@H]1c1cccc(Cl)c1)n1cccn1. The van der Waals surface area contributed by atoms with Crippen LogP contribution in [0.3, 0.4) is 0 Å². The summed E-state index contributed by atoms with van der Waals surface area (Å²) >= 11 is 5.99. The number of nitrogens with one attached hydrogen (secondary N) is 1. The molecule has 3 rings (SSSR count). The van der Waals surface area contributed by atoms with Gasteiger partial charge in [-0.3, -0.25) is 9.48 Å². The van der Waals surface area contributed by atoms with Crippen LogP contribution in [-0.4, -0.2) is 21.7 Å². The Hall–Kier alpha value is -1.81. The largest absolute Gasteiger partial charge is 0.351 e. The molecule has 1 fully saturated rings. The van der Waals surface area contributed by atoms with Crippen molar-refractivity contribution in [1.29, 1.82) is 0 Å². The molecule has 0 aliphatic heterocycles. The van der Waals surface area contributed by atoms with Crippen LogP contribution in [0.25, 0.3) is 0 Å². The van der Waals surface area contributed by atoms with Crippen LogP contribution in [0, 0.1) is 0 Å². The molecule has 1 saturated carbocycles. The number of benzene rings is 1. The standard InChI is InChI=1S/C15H16ClN3O/c1-10(19-7-3-6-17-19)15(20)18-14-9-13(14)11-4-2-5-12(16)8-11/h2-8,10,13-14H,9H2,1H3,(H,18,20)/t10-,13+,14-/m1/s1. The van der Waals surface area contributed by atoms with Gasteiger partial charge in [0.1, 0.15) is 6.04 Å². The molecule has 1 heterocycles. The molecule has 0 radical (unpaired) electrons. The number of halogens is 1. The first-order valence-electron chi connectivity index (χ1n) is 6.70. The van der Waals surface area contributed by atoms with Crippen molar-refractivity contribution in [3.63, 3.8) is 0 Å². The second kappa shape index (κ2) is 5.29. The highest BCUT2D eigenvalue weighted by Gasteiger charge is 2.40. The maximum Gasteiger partial charge on any atom is 0.244 e. The molecule has 104 valence electrons. The van der Waals surface area contributed by atoms with Crippen molar-refractivity contribution < 1.29 is 4.79 Å². The predicted molar refractivity (Wildman–Crippen MR) is 77.7 cm³/mol. The lowest BCUT2D eigenvalue weighted by Crippen LogP contribution is -2.33. The maximum absolute atomic E-state index is 12.1. The zero-order valence-electron chi connectivity index (χ0n) is 11.2. The van der Waals surface area contributed by atoms with E-state index < -0.39 is 0 Å². The Morgan fingerprint density at radius 3 is 3.05 bits per heavy atom. The Bertz CT molecular complexity index is 611. The Balaban J connectivity index is 1.59. The van der Waals surface area contributed by atoms with Crippen molar-refractivity contribution in [3.8, 4) is 0 Å². The van der Waals surface area contributed by atoms with Crippen LogP contribution < -0.4 is 5.32 Å². The summed E-state index contributed by atoms with van der Waals surface area (Å²) in [7, 11) is 0. The molecule has 20 heavy (non-hydrogen) atoms. The average Bonchev–Trinajstić information content (AvgIpc) is 2.99. The topological polar surface area (TPSA) is 46.9 Å². The van der Waals surface area contributed by atoms with E-state index >= 15 is 0 Å². The van der Waals surface area contributed by atoms with Gasteiger partial charge in [0.25, 0.3) is 0 Å². The van der Waals surface area contributed by atoms with Gasteiger partial charge in [-0.2, -0.15) is 5.10 Å². The molecule has 1 aromatic carbocycles. The quantitative estimate of drug-likeness (QED) is 0.941. The Labute approximate surface area is 122 Å². The fraction of sp³-hybridized carbons (Fsp3) is 0.333. The van der Waals surface area contributed by atoms with Crippen LogP contribution in [0.1, 0.15) is 30.9 Å². The first kappa shape index (κ1) is 13.2. The molecule has 0 saturated heterocycles. The third-order valence-corrected chi connectivity index (χ3v) is 3.93. The van der Waals surface area contributed by atoms with Gasteiger partial charge >= 0.3 is 0 Å². The zero-order chi connectivity index (χ0) is 14.1. The lowest BCUT2D eigenvalue weighted by Gasteiger charge is -2.12.